The van der Waals surface area contributed by atoms with E-state index in [1.807, 2.05) is 24.3 Å². The van der Waals surface area contributed by atoms with Crippen molar-refractivity contribution in [2.24, 2.45) is 0 Å². The largest absolute Gasteiger partial charge is 0.352 e. The van der Waals surface area contributed by atoms with Crippen LogP contribution in [0.2, 0.25) is 5.02 Å². The molecular formula is C18H21ClN2O3S2. The fraction of sp³-hybridized carbons (Fsp3) is 0.278. The molecular weight excluding hydrogens is 392 g/mol. The molecule has 0 aliphatic rings. The molecule has 26 heavy (non-hydrogen) atoms. The number of sulfonamides is 1. The van der Waals surface area contributed by atoms with Gasteiger partial charge >= 0.3 is 0 Å². The molecule has 0 atom stereocenters. The number of thioether (sulfide) groups is 1. The normalized spacial score (nSPS) is 11.5. The zero-order valence-corrected chi connectivity index (χ0v) is 17.0. The van der Waals surface area contributed by atoms with Crippen LogP contribution in [-0.4, -0.2) is 38.5 Å². The van der Waals surface area contributed by atoms with Crippen molar-refractivity contribution >= 4 is 39.3 Å². The van der Waals surface area contributed by atoms with Gasteiger partial charge in [-0.1, -0.05) is 41.9 Å². The fourth-order valence-electron chi connectivity index (χ4n) is 2.20. The number of benzene rings is 2. The molecule has 0 aliphatic carbocycles. The second-order valence-corrected chi connectivity index (χ2v) is 9.36. The average Bonchev–Trinajstić information content (AvgIpc) is 2.61. The Morgan fingerprint density at radius 1 is 1.12 bits per heavy atom. The van der Waals surface area contributed by atoms with Crippen molar-refractivity contribution in [3.63, 3.8) is 0 Å². The Hall–Kier alpha value is -1.54. The summed E-state index contributed by atoms with van der Waals surface area (Å²) in [6.45, 7) is 0.166. The molecule has 0 aromatic heterocycles. The van der Waals surface area contributed by atoms with Gasteiger partial charge in [-0.05, 0) is 23.8 Å². The van der Waals surface area contributed by atoms with Crippen molar-refractivity contribution in [2.45, 2.75) is 22.8 Å². The van der Waals surface area contributed by atoms with Gasteiger partial charge in [0.05, 0.1) is 9.92 Å². The van der Waals surface area contributed by atoms with Crippen molar-refractivity contribution in [3.8, 4) is 0 Å². The zero-order valence-electron chi connectivity index (χ0n) is 14.6. The van der Waals surface area contributed by atoms with E-state index in [2.05, 4.69) is 5.32 Å². The van der Waals surface area contributed by atoms with Crippen molar-refractivity contribution in [1.29, 1.82) is 0 Å². The highest BCUT2D eigenvalue weighted by molar-refractivity contribution is 7.99. The van der Waals surface area contributed by atoms with Crippen molar-refractivity contribution < 1.29 is 13.2 Å². The predicted octanol–water partition coefficient (Wildman–Crippen LogP) is 3.39. The quantitative estimate of drug-likeness (QED) is 0.675. The minimum Gasteiger partial charge on any atom is -0.352 e. The molecule has 0 spiro atoms. The summed E-state index contributed by atoms with van der Waals surface area (Å²) in [6.07, 6.45) is 0.318. The lowest BCUT2D eigenvalue weighted by atomic mass is 10.2. The molecule has 0 fully saturated rings. The van der Waals surface area contributed by atoms with Gasteiger partial charge in [0.15, 0.2) is 0 Å². The molecule has 0 saturated carbocycles. The van der Waals surface area contributed by atoms with Crippen LogP contribution in [0.3, 0.4) is 0 Å². The molecule has 2 aromatic carbocycles. The van der Waals surface area contributed by atoms with E-state index < -0.39 is 10.0 Å². The maximum absolute atomic E-state index is 12.4. The van der Waals surface area contributed by atoms with Gasteiger partial charge < -0.3 is 5.32 Å². The van der Waals surface area contributed by atoms with Crippen LogP contribution in [0.4, 0.5) is 0 Å². The van der Waals surface area contributed by atoms with Crippen molar-refractivity contribution in [2.75, 3.05) is 19.8 Å². The average molecular weight is 413 g/mol. The second kappa shape index (κ2) is 9.41. The number of amides is 1. The first-order chi connectivity index (χ1) is 12.3. The summed E-state index contributed by atoms with van der Waals surface area (Å²) in [5.41, 5.74) is 0.563. The summed E-state index contributed by atoms with van der Waals surface area (Å²) >= 11 is 7.60. The van der Waals surface area contributed by atoms with Gasteiger partial charge in [0.25, 0.3) is 0 Å². The molecule has 140 valence electrons. The van der Waals surface area contributed by atoms with Gasteiger partial charge in [-0.15, -0.1) is 11.8 Å². The van der Waals surface area contributed by atoms with Gasteiger partial charge in [-0.2, -0.15) is 0 Å². The molecule has 0 bridgehead atoms. The molecule has 8 heteroatoms. The summed E-state index contributed by atoms with van der Waals surface area (Å²) in [4.78, 5) is 13.2. The highest BCUT2D eigenvalue weighted by atomic mass is 35.5. The molecule has 1 amide bonds. The Morgan fingerprint density at radius 3 is 2.46 bits per heavy atom. The standard InChI is InChI=1S/C18H21ClN2O3S2/c1-21(2)26(23,24)17-10-6-3-7-14(17)13-20-18(22)11-12-25-16-9-5-4-8-15(16)19/h3-10H,11-13H2,1-2H3,(H,20,22). The van der Waals surface area contributed by atoms with Crippen LogP contribution in [0, 0.1) is 0 Å². The van der Waals surface area contributed by atoms with E-state index in [1.165, 1.54) is 25.9 Å². The Kier molecular flexibility index (Phi) is 7.52. The lowest BCUT2D eigenvalue weighted by Gasteiger charge is -2.15. The van der Waals surface area contributed by atoms with E-state index in [1.54, 1.807) is 24.3 Å². The third kappa shape index (κ3) is 5.48. The third-order valence-electron chi connectivity index (χ3n) is 3.63. The van der Waals surface area contributed by atoms with Crippen molar-refractivity contribution in [1.82, 2.24) is 9.62 Å². The number of hydrogen-bond acceptors (Lipinski definition) is 4. The Morgan fingerprint density at radius 2 is 1.77 bits per heavy atom. The Balaban J connectivity index is 1.91. The lowest BCUT2D eigenvalue weighted by molar-refractivity contribution is -0.120. The summed E-state index contributed by atoms with van der Waals surface area (Å²) < 4.78 is 25.9. The second-order valence-electron chi connectivity index (χ2n) is 5.70. The smallest absolute Gasteiger partial charge is 0.242 e. The highest BCUT2D eigenvalue weighted by Crippen LogP contribution is 2.26. The summed E-state index contributed by atoms with van der Waals surface area (Å²) in [5.74, 6) is 0.453. The van der Waals surface area contributed by atoms with Crippen LogP contribution < -0.4 is 5.32 Å². The summed E-state index contributed by atoms with van der Waals surface area (Å²) in [7, 11) is -0.584. The number of nitrogens with zero attached hydrogens (tertiary/aromatic N) is 1. The molecule has 0 aliphatic heterocycles. The minimum absolute atomic E-state index is 0.137. The molecule has 0 saturated heterocycles. The number of halogens is 1. The predicted molar refractivity (Wildman–Crippen MR) is 106 cm³/mol. The first-order valence-corrected chi connectivity index (χ1v) is 10.8. The number of nitrogens with one attached hydrogen (secondary N) is 1. The Bertz CT molecular complexity index is 870. The van der Waals surface area contributed by atoms with Crippen LogP contribution >= 0.6 is 23.4 Å². The lowest BCUT2D eigenvalue weighted by Crippen LogP contribution is -2.27. The number of carbonyl (C=O) groups excluding carboxylic acids is 1. The zero-order chi connectivity index (χ0) is 19.2. The molecule has 2 rings (SSSR count). The van der Waals surface area contributed by atoms with Gasteiger partial charge in [-0.3, -0.25) is 4.79 Å². The number of rotatable bonds is 8. The summed E-state index contributed by atoms with van der Waals surface area (Å²) in [6, 6.07) is 14.2. The molecule has 1 N–H and O–H groups in total. The van der Waals surface area contributed by atoms with Gasteiger partial charge in [0.2, 0.25) is 15.9 Å². The SMILES string of the molecule is CN(C)S(=O)(=O)c1ccccc1CNC(=O)CCSc1ccccc1Cl. The topological polar surface area (TPSA) is 66.5 Å². The monoisotopic (exact) mass is 412 g/mol. The van der Waals surface area contributed by atoms with Crippen molar-refractivity contribution in [3.05, 3.63) is 59.1 Å². The van der Waals surface area contributed by atoms with Gasteiger partial charge in [0.1, 0.15) is 0 Å². The van der Waals surface area contributed by atoms with E-state index in [-0.39, 0.29) is 17.3 Å². The molecule has 0 unspecified atom stereocenters. The van der Waals surface area contributed by atoms with E-state index in [0.29, 0.717) is 22.8 Å². The van der Waals surface area contributed by atoms with Crippen LogP contribution in [0.1, 0.15) is 12.0 Å². The van der Waals surface area contributed by atoms with Crippen LogP contribution in [0.15, 0.2) is 58.3 Å². The first-order valence-electron chi connectivity index (χ1n) is 7.97. The maximum Gasteiger partial charge on any atom is 0.242 e. The number of carbonyl (C=O) groups is 1. The molecule has 0 radical (unpaired) electrons. The third-order valence-corrected chi connectivity index (χ3v) is 7.06. The van der Waals surface area contributed by atoms with E-state index in [0.717, 1.165) is 9.20 Å². The number of hydrogen-bond donors (Lipinski definition) is 1. The fourth-order valence-corrected chi connectivity index (χ4v) is 4.50. The molecule has 2 aromatic rings. The minimum atomic E-state index is -3.55. The molecule has 5 nitrogen and oxygen atoms in total. The summed E-state index contributed by atoms with van der Waals surface area (Å²) in [5, 5.41) is 3.45. The van der Waals surface area contributed by atoms with Gasteiger partial charge in [0, 0.05) is 37.7 Å². The van der Waals surface area contributed by atoms with Crippen LogP contribution in [0.25, 0.3) is 0 Å². The molecule has 0 heterocycles. The van der Waals surface area contributed by atoms with E-state index in [4.69, 9.17) is 11.6 Å². The highest BCUT2D eigenvalue weighted by Gasteiger charge is 2.20. The van der Waals surface area contributed by atoms with Crippen LogP contribution in [-0.2, 0) is 21.4 Å². The van der Waals surface area contributed by atoms with Crippen LogP contribution in [0.5, 0.6) is 0 Å². The Labute approximate surface area is 163 Å². The maximum atomic E-state index is 12.4. The van der Waals surface area contributed by atoms with Gasteiger partial charge in [-0.25, -0.2) is 12.7 Å². The first kappa shape index (κ1) is 20.8. The van der Waals surface area contributed by atoms with E-state index in [9.17, 15) is 13.2 Å². The van der Waals surface area contributed by atoms with E-state index >= 15 is 0 Å².